The largest absolute Gasteiger partial charge is 0.370 e. The van der Waals surface area contributed by atoms with Crippen LogP contribution in [0.4, 0.5) is 0 Å². The number of hydrogen-bond donors (Lipinski definition) is 3. The average Bonchev–Trinajstić information content (AvgIpc) is 2.64. The Morgan fingerprint density at radius 1 is 1.46 bits per heavy atom. The topological polar surface area (TPSA) is 105 Å². The van der Waals surface area contributed by atoms with Gasteiger partial charge in [0.1, 0.15) is 6.04 Å². The zero-order valence-electron chi connectivity index (χ0n) is 14.8. The summed E-state index contributed by atoms with van der Waals surface area (Å²) >= 11 is 1.72. The van der Waals surface area contributed by atoms with Crippen molar-refractivity contribution in [2.45, 2.75) is 63.5 Å². The maximum absolute atomic E-state index is 13.1. The number of fused-ring (bicyclic) bond motifs is 1. The Labute approximate surface area is 147 Å². The highest BCUT2D eigenvalue weighted by Gasteiger charge is 2.51. The molecule has 0 aromatic rings. The van der Waals surface area contributed by atoms with Gasteiger partial charge in [0, 0.05) is 12.5 Å². The average molecular weight is 356 g/mol. The summed E-state index contributed by atoms with van der Waals surface area (Å²) in [6, 6.07) is -1.13. The first-order valence-electron chi connectivity index (χ1n) is 8.37. The third-order valence-electron chi connectivity index (χ3n) is 5.06. The Morgan fingerprint density at radius 2 is 2.12 bits per heavy atom. The number of carbonyl (C=O) groups is 3. The first kappa shape index (κ1) is 19.1. The molecule has 2 aliphatic heterocycles. The molecule has 0 aromatic carbocycles. The van der Waals surface area contributed by atoms with Crippen LogP contribution in [0.2, 0.25) is 0 Å². The van der Waals surface area contributed by atoms with Crippen LogP contribution in [0.5, 0.6) is 0 Å². The second kappa shape index (κ2) is 7.31. The van der Waals surface area contributed by atoms with E-state index < -0.39 is 11.9 Å². The predicted molar refractivity (Wildman–Crippen MR) is 94.2 cm³/mol. The maximum Gasteiger partial charge on any atom is 0.246 e. The molecule has 4 N–H and O–H groups in total. The van der Waals surface area contributed by atoms with Crippen molar-refractivity contribution in [2.24, 2.45) is 11.1 Å². The fourth-order valence-corrected chi connectivity index (χ4v) is 5.05. The van der Waals surface area contributed by atoms with E-state index in [0.29, 0.717) is 6.42 Å². The Morgan fingerprint density at radius 3 is 2.71 bits per heavy atom. The van der Waals surface area contributed by atoms with E-state index in [1.807, 2.05) is 0 Å². The second-order valence-electron chi connectivity index (χ2n) is 7.31. The van der Waals surface area contributed by atoms with Gasteiger partial charge in [-0.1, -0.05) is 13.8 Å². The summed E-state index contributed by atoms with van der Waals surface area (Å²) in [6.45, 7) is 5.89. The lowest BCUT2D eigenvalue weighted by atomic mass is 9.83. The highest BCUT2D eigenvalue weighted by Crippen LogP contribution is 2.47. The molecule has 0 spiro atoms. The molecule has 24 heavy (non-hydrogen) atoms. The molecular weight excluding hydrogens is 328 g/mol. The van der Waals surface area contributed by atoms with Gasteiger partial charge in [0.15, 0.2) is 0 Å². The van der Waals surface area contributed by atoms with Crippen LogP contribution in [0.15, 0.2) is 0 Å². The van der Waals surface area contributed by atoms with Gasteiger partial charge < -0.3 is 21.3 Å². The van der Waals surface area contributed by atoms with Crippen molar-refractivity contribution in [1.82, 2.24) is 15.5 Å². The fraction of sp³-hybridized carbons (Fsp3) is 0.812. The standard InChI is InChI=1S/C16H28N4O3S/c1-9(18-4)14(22)19-10-5-6-24-13-8-16(2,3)11(7-12(17)21)20(13)15(10)23/h9-11,13,18H,5-8H2,1-4H3,(H2,17,21)(H,19,22)/t9-,10-,11?,13-/m0/s1. The van der Waals surface area contributed by atoms with Gasteiger partial charge >= 0.3 is 0 Å². The molecule has 2 fully saturated rings. The number of hydrogen-bond acceptors (Lipinski definition) is 5. The van der Waals surface area contributed by atoms with Crippen molar-refractivity contribution in [3.05, 3.63) is 0 Å². The van der Waals surface area contributed by atoms with E-state index in [9.17, 15) is 14.4 Å². The van der Waals surface area contributed by atoms with Gasteiger partial charge in [0.2, 0.25) is 17.7 Å². The number of nitrogens with one attached hydrogen (secondary N) is 2. The third kappa shape index (κ3) is 3.85. The smallest absolute Gasteiger partial charge is 0.246 e. The van der Waals surface area contributed by atoms with Gasteiger partial charge in [-0.05, 0) is 38.0 Å². The van der Waals surface area contributed by atoms with Gasteiger partial charge in [-0.15, -0.1) is 11.8 Å². The zero-order valence-corrected chi connectivity index (χ0v) is 15.6. The molecular formula is C16H28N4O3S. The van der Waals surface area contributed by atoms with Crippen LogP contribution < -0.4 is 16.4 Å². The lowest BCUT2D eigenvalue weighted by Gasteiger charge is -2.34. The highest BCUT2D eigenvalue weighted by molar-refractivity contribution is 7.99. The van der Waals surface area contributed by atoms with E-state index in [1.54, 1.807) is 30.6 Å². The van der Waals surface area contributed by atoms with Crippen LogP contribution in [0.25, 0.3) is 0 Å². The van der Waals surface area contributed by atoms with Crippen LogP contribution in [0.1, 0.15) is 40.0 Å². The molecule has 2 aliphatic rings. The van der Waals surface area contributed by atoms with Crippen molar-refractivity contribution in [3.63, 3.8) is 0 Å². The van der Waals surface area contributed by atoms with Crippen LogP contribution in [0, 0.1) is 5.41 Å². The Hall–Kier alpha value is -1.28. The second-order valence-corrected chi connectivity index (χ2v) is 8.60. The van der Waals surface area contributed by atoms with Crippen molar-refractivity contribution in [3.8, 4) is 0 Å². The summed E-state index contributed by atoms with van der Waals surface area (Å²) in [5.41, 5.74) is 5.24. The minimum Gasteiger partial charge on any atom is -0.370 e. The number of rotatable bonds is 5. The quantitative estimate of drug-likeness (QED) is 0.645. The van der Waals surface area contributed by atoms with E-state index in [2.05, 4.69) is 24.5 Å². The summed E-state index contributed by atoms with van der Waals surface area (Å²) in [5, 5.41) is 5.77. The molecule has 7 nitrogen and oxygen atoms in total. The fourth-order valence-electron chi connectivity index (χ4n) is 3.45. The summed E-state index contributed by atoms with van der Waals surface area (Å²) < 4.78 is 0. The molecule has 2 rings (SSSR count). The molecule has 0 aliphatic carbocycles. The van der Waals surface area contributed by atoms with Gasteiger partial charge in [0.05, 0.1) is 11.4 Å². The van der Waals surface area contributed by atoms with Crippen molar-refractivity contribution in [2.75, 3.05) is 12.8 Å². The van der Waals surface area contributed by atoms with Gasteiger partial charge in [-0.2, -0.15) is 0 Å². The van der Waals surface area contributed by atoms with Gasteiger partial charge in [-0.3, -0.25) is 14.4 Å². The Bertz CT molecular complexity index is 525. The number of carbonyl (C=O) groups excluding carboxylic acids is 3. The Balaban J connectivity index is 2.21. The summed E-state index contributed by atoms with van der Waals surface area (Å²) in [4.78, 5) is 38.5. The molecule has 2 saturated heterocycles. The third-order valence-corrected chi connectivity index (χ3v) is 6.31. The molecule has 0 radical (unpaired) electrons. The maximum atomic E-state index is 13.1. The monoisotopic (exact) mass is 356 g/mol. The molecule has 0 aromatic heterocycles. The zero-order chi connectivity index (χ0) is 18.1. The van der Waals surface area contributed by atoms with Crippen LogP contribution in [0.3, 0.4) is 0 Å². The SMILES string of the molecule is CN[C@@H](C)C(=O)N[C@H]1CCS[C@H]2CC(C)(C)C(CC(N)=O)N2C1=O. The summed E-state index contributed by atoms with van der Waals surface area (Å²) in [6.07, 6.45) is 1.58. The van der Waals surface area contributed by atoms with Crippen LogP contribution in [-0.4, -0.2) is 58.9 Å². The lowest BCUT2D eigenvalue weighted by Crippen LogP contribution is -2.55. The van der Waals surface area contributed by atoms with E-state index >= 15 is 0 Å². The normalized spacial score (nSPS) is 30.4. The van der Waals surface area contributed by atoms with Crippen molar-refractivity contribution >= 4 is 29.5 Å². The van der Waals surface area contributed by atoms with E-state index in [-0.39, 0.29) is 41.1 Å². The molecule has 8 heteroatoms. The van der Waals surface area contributed by atoms with Gasteiger partial charge in [-0.25, -0.2) is 0 Å². The van der Waals surface area contributed by atoms with Crippen molar-refractivity contribution in [1.29, 1.82) is 0 Å². The summed E-state index contributed by atoms with van der Waals surface area (Å²) in [7, 11) is 1.71. The minimum absolute atomic E-state index is 0.0421. The Kier molecular flexibility index (Phi) is 5.80. The molecule has 0 bridgehead atoms. The first-order chi connectivity index (χ1) is 11.2. The van der Waals surface area contributed by atoms with Crippen LogP contribution in [-0.2, 0) is 14.4 Å². The number of likely N-dealkylation sites (N-methyl/N-ethyl adjacent to an activating group) is 1. The molecule has 0 saturated carbocycles. The van der Waals surface area contributed by atoms with Crippen molar-refractivity contribution < 1.29 is 14.4 Å². The minimum atomic E-state index is -0.546. The highest BCUT2D eigenvalue weighted by atomic mass is 32.2. The number of thioether (sulfide) groups is 1. The summed E-state index contributed by atoms with van der Waals surface area (Å²) in [5.74, 6) is 0.105. The number of nitrogens with zero attached hydrogens (tertiary/aromatic N) is 1. The molecule has 2 heterocycles. The van der Waals surface area contributed by atoms with Gasteiger partial charge in [0.25, 0.3) is 0 Å². The number of primary amides is 1. The van der Waals surface area contributed by atoms with E-state index in [4.69, 9.17) is 5.73 Å². The van der Waals surface area contributed by atoms with Crippen LogP contribution >= 0.6 is 11.8 Å². The molecule has 136 valence electrons. The molecule has 4 atom stereocenters. The lowest BCUT2D eigenvalue weighted by molar-refractivity contribution is -0.139. The number of amides is 3. The molecule has 1 unspecified atom stereocenters. The predicted octanol–water partition coefficient (Wildman–Crippen LogP) is 0.0446. The molecule has 3 amide bonds. The first-order valence-corrected chi connectivity index (χ1v) is 9.42. The van der Waals surface area contributed by atoms with E-state index in [0.717, 1.165) is 12.2 Å². The van der Waals surface area contributed by atoms with E-state index in [1.165, 1.54) is 0 Å². The number of nitrogens with two attached hydrogens (primary N) is 1.